The topological polar surface area (TPSA) is 12.9 Å². The summed E-state index contributed by atoms with van der Waals surface area (Å²) < 4.78 is 0. The molecule has 230 valence electrons. The number of pyridine rings is 1. The largest absolute Gasteiger partial charge is 0.247 e. The third-order valence-corrected chi connectivity index (χ3v) is 10.8. The molecule has 0 N–H and O–H groups in total. The molecule has 0 saturated heterocycles. The highest BCUT2D eigenvalue weighted by atomic mass is 14.7. The highest BCUT2D eigenvalue weighted by molar-refractivity contribution is 6.20. The Kier molecular flexibility index (Phi) is 5.99. The molecule has 0 saturated carbocycles. The Bertz CT molecular complexity index is 2790. The molecule has 0 spiro atoms. The van der Waals surface area contributed by atoms with Gasteiger partial charge in [-0.15, -0.1) is 0 Å². The second-order valence-corrected chi connectivity index (χ2v) is 13.8. The van der Waals surface area contributed by atoms with Gasteiger partial charge in [-0.25, -0.2) is 4.98 Å². The van der Waals surface area contributed by atoms with Crippen LogP contribution in [0.15, 0.2) is 164 Å². The summed E-state index contributed by atoms with van der Waals surface area (Å²) in [5, 5.41) is 8.75. The molecule has 0 bridgehead atoms. The lowest BCUT2D eigenvalue weighted by Crippen LogP contribution is -2.17. The van der Waals surface area contributed by atoms with Gasteiger partial charge in [0, 0.05) is 16.4 Å². The van der Waals surface area contributed by atoms with Crippen molar-refractivity contribution in [2.24, 2.45) is 0 Å². The van der Waals surface area contributed by atoms with Gasteiger partial charge in [0.1, 0.15) is 0 Å². The number of hydrogen-bond acceptors (Lipinski definition) is 1. The predicted molar refractivity (Wildman–Crippen MR) is 208 cm³/mol. The van der Waals surface area contributed by atoms with Crippen LogP contribution in [0.4, 0.5) is 0 Å². The number of benzene rings is 8. The van der Waals surface area contributed by atoms with Crippen LogP contribution >= 0.6 is 0 Å². The van der Waals surface area contributed by atoms with E-state index in [4.69, 9.17) is 4.98 Å². The lowest BCUT2D eigenvalue weighted by atomic mass is 9.77. The van der Waals surface area contributed by atoms with Crippen LogP contribution in [0.3, 0.4) is 0 Å². The van der Waals surface area contributed by atoms with E-state index in [1.807, 2.05) is 0 Å². The van der Waals surface area contributed by atoms with Crippen molar-refractivity contribution in [3.05, 3.63) is 175 Å². The Balaban J connectivity index is 1.30. The summed E-state index contributed by atoms with van der Waals surface area (Å²) >= 11 is 0. The van der Waals surface area contributed by atoms with Gasteiger partial charge >= 0.3 is 0 Å². The molecule has 9 aromatic rings. The van der Waals surface area contributed by atoms with Crippen LogP contribution in [-0.2, 0) is 5.41 Å². The third kappa shape index (κ3) is 4.03. The van der Waals surface area contributed by atoms with Gasteiger partial charge in [0.15, 0.2) is 0 Å². The molecule has 0 atom stereocenters. The van der Waals surface area contributed by atoms with E-state index >= 15 is 0 Å². The van der Waals surface area contributed by atoms with Crippen LogP contribution in [0.25, 0.3) is 87.9 Å². The minimum atomic E-state index is -0.220. The average Bonchev–Trinajstić information content (AvgIpc) is 3.39. The van der Waals surface area contributed by atoms with E-state index in [1.165, 1.54) is 87.8 Å². The Morgan fingerprint density at radius 2 is 0.939 bits per heavy atom. The lowest BCUT2D eigenvalue weighted by Gasteiger charge is -2.26. The SMILES string of the molecule is CC1(C)c2ccccc2-c2nc3ccc4ccccc4c3c(-c3ccc(-c4ccc(-c5ccccc5)c5ccccc45)c4ccccc34)c21. The van der Waals surface area contributed by atoms with E-state index in [0.717, 1.165) is 11.2 Å². The molecule has 8 aromatic carbocycles. The average molecular weight is 624 g/mol. The second-order valence-electron chi connectivity index (χ2n) is 13.8. The van der Waals surface area contributed by atoms with Gasteiger partial charge in [0.25, 0.3) is 0 Å². The minimum absolute atomic E-state index is 0.220. The lowest BCUT2D eigenvalue weighted by molar-refractivity contribution is 0.662. The molecule has 1 heteroatoms. The Hall–Kier alpha value is -6.05. The molecule has 1 nitrogen and oxygen atoms in total. The summed E-state index contributed by atoms with van der Waals surface area (Å²) in [6.45, 7) is 4.74. The summed E-state index contributed by atoms with van der Waals surface area (Å²) in [6, 6.07) is 60.0. The summed E-state index contributed by atoms with van der Waals surface area (Å²) in [5.74, 6) is 0. The van der Waals surface area contributed by atoms with Crippen molar-refractivity contribution in [1.29, 1.82) is 0 Å². The first-order valence-electron chi connectivity index (χ1n) is 17.1. The van der Waals surface area contributed by atoms with Crippen LogP contribution in [-0.4, -0.2) is 4.98 Å². The van der Waals surface area contributed by atoms with Crippen LogP contribution in [0.1, 0.15) is 25.0 Å². The zero-order valence-corrected chi connectivity index (χ0v) is 27.5. The second kappa shape index (κ2) is 10.5. The zero-order valence-electron chi connectivity index (χ0n) is 27.5. The summed E-state index contributed by atoms with van der Waals surface area (Å²) in [6.07, 6.45) is 0. The van der Waals surface area contributed by atoms with E-state index in [2.05, 4.69) is 178 Å². The molecule has 0 fully saturated rings. The molecule has 1 aliphatic carbocycles. The maximum atomic E-state index is 5.44. The minimum Gasteiger partial charge on any atom is -0.247 e. The molecule has 10 rings (SSSR count). The fraction of sp³-hybridized carbons (Fsp3) is 0.0625. The predicted octanol–water partition coefficient (Wildman–Crippen LogP) is 13.0. The van der Waals surface area contributed by atoms with Crippen molar-refractivity contribution in [2.75, 3.05) is 0 Å². The summed E-state index contributed by atoms with van der Waals surface area (Å²) in [7, 11) is 0. The highest BCUT2D eigenvalue weighted by Gasteiger charge is 2.40. The smallest absolute Gasteiger partial charge is 0.0759 e. The van der Waals surface area contributed by atoms with Crippen molar-refractivity contribution < 1.29 is 0 Å². The van der Waals surface area contributed by atoms with Crippen LogP contribution in [0.5, 0.6) is 0 Å². The van der Waals surface area contributed by atoms with Gasteiger partial charge < -0.3 is 0 Å². The van der Waals surface area contributed by atoms with Crippen molar-refractivity contribution in [2.45, 2.75) is 19.3 Å². The Labute approximate surface area is 286 Å². The molecule has 0 aliphatic heterocycles. The first-order chi connectivity index (χ1) is 24.1. The fourth-order valence-electron chi connectivity index (χ4n) is 8.63. The van der Waals surface area contributed by atoms with Crippen LogP contribution in [0.2, 0.25) is 0 Å². The van der Waals surface area contributed by atoms with Gasteiger partial charge in [-0.2, -0.15) is 0 Å². The first-order valence-corrected chi connectivity index (χ1v) is 17.1. The Morgan fingerprint density at radius 1 is 0.408 bits per heavy atom. The number of nitrogens with zero attached hydrogens (tertiary/aromatic N) is 1. The maximum Gasteiger partial charge on any atom is 0.0759 e. The maximum absolute atomic E-state index is 5.44. The van der Waals surface area contributed by atoms with Crippen LogP contribution < -0.4 is 0 Å². The molecular formula is C48H33N. The fourth-order valence-corrected chi connectivity index (χ4v) is 8.63. The van der Waals surface area contributed by atoms with E-state index in [0.29, 0.717) is 0 Å². The molecule has 1 aliphatic rings. The third-order valence-electron chi connectivity index (χ3n) is 10.8. The first kappa shape index (κ1) is 28.0. The number of aromatic nitrogens is 1. The van der Waals surface area contributed by atoms with Crippen molar-refractivity contribution in [3.63, 3.8) is 0 Å². The summed E-state index contributed by atoms with van der Waals surface area (Å²) in [4.78, 5) is 5.44. The molecule has 0 amide bonds. The van der Waals surface area contributed by atoms with E-state index in [1.54, 1.807) is 0 Å². The number of hydrogen-bond donors (Lipinski definition) is 0. The molecule has 49 heavy (non-hydrogen) atoms. The zero-order chi connectivity index (χ0) is 32.7. The van der Waals surface area contributed by atoms with E-state index in [-0.39, 0.29) is 5.41 Å². The Morgan fingerprint density at radius 3 is 1.65 bits per heavy atom. The summed E-state index contributed by atoms with van der Waals surface area (Å²) in [5.41, 5.74) is 13.4. The van der Waals surface area contributed by atoms with E-state index < -0.39 is 0 Å². The monoisotopic (exact) mass is 623 g/mol. The molecule has 1 aromatic heterocycles. The van der Waals surface area contributed by atoms with Gasteiger partial charge in [0.2, 0.25) is 0 Å². The van der Waals surface area contributed by atoms with Crippen molar-refractivity contribution in [1.82, 2.24) is 4.98 Å². The highest BCUT2D eigenvalue weighted by Crippen LogP contribution is 2.55. The van der Waals surface area contributed by atoms with Gasteiger partial charge in [-0.05, 0) is 82.9 Å². The van der Waals surface area contributed by atoms with Gasteiger partial charge in [-0.3, -0.25) is 0 Å². The standard InChI is InChI=1S/C48H33N/c1-48(2)42-23-13-12-22-41(42)47-46(48)45(44-33-17-7-6-16-31(33)24-29-43(44)49-47)40-28-27-39(36-20-10-11-21-37(36)40)38-26-25-32(30-14-4-3-5-15-30)34-18-8-9-19-35(34)38/h3-29H,1-2H3. The number of rotatable bonds is 3. The van der Waals surface area contributed by atoms with Crippen molar-refractivity contribution in [3.8, 4) is 44.6 Å². The quantitative estimate of drug-likeness (QED) is 0.178. The normalized spacial score (nSPS) is 13.3. The number of fused-ring (bicyclic) bond motifs is 8. The van der Waals surface area contributed by atoms with E-state index in [9.17, 15) is 0 Å². The molecular weight excluding hydrogens is 591 g/mol. The molecule has 0 radical (unpaired) electrons. The molecule has 0 unspecified atom stereocenters. The van der Waals surface area contributed by atoms with Gasteiger partial charge in [-0.1, -0.05) is 172 Å². The van der Waals surface area contributed by atoms with Crippen molar-refractivity contribution >= 4 is 43.2 Å². The van der Waals surface area contributed by atoms with Gasteiger partial charge in [0.05, 0.1) is 11.2 Å². The molecule has 1 heterocycles. The van der Waals surface area contributed by atoms with Crippen LogP contribution in [0, 0.1) is 0 Å².